The molecule has 2 fully saturated rings. The molecule has 2 heterocycles. The Hall–Kier alpha value is -0.220. The minimum Gasteiger partial charge on any atom is -0.381 e. The van der Waals surface area contributed by atoms with Gasteiger partial charge in [0.15, 0.2) is 5.96 Å². The molecule has 0 radical (unpaired) electrons. The molecule has 2 rings (SSSR count). The predicted octanol–water partition coefficient (Wildman–Crippen LogP) is 1.16. The number of aliphatic imine (C=N–C) groups is 1. The van der Waals surface area contributed by atoms with Gasteiger partial charge in [0.05, 0.1) is 6.61 Å². The van der Waals surface area contributed by atoms with Gasteiger partial charge in [-0.05, 0) is 25.0 Å². The number of guanidine groups is 1. The highest BCUT2D eigenvalue weighted by Crippen LogP contribution is 2.25. The summed E-state index contributed by atoms with van der Waals surface area (Å²) in [6.07, 6.45) is 3.66. The number of carbonyl (C=O) groups is 1. The van der Waals surface area contributed by atoms with Crippen LogP contribution < -0.4 is 10.6 Å². The zero-order chi connectivity index (χ0) is 15.8. The first-order valence-electron chi connectivity index (χ1n) is 8.07. The zero-order valence-electron chi connectivity index (χ0n) is 14.0. The highest BCUT2D eigenvalue weighted by molar-refractivity contribution is 14.0. The van der Waals surface area contributed by atoms with Gasteiger partial charge in [0.25, 0.3) is 0 Å². The van der Waals surface area contributed by atoms with Crippen molar-refractivity contribution in [1.82, 2.24) is 15.5 Å². The lowest BCUT2D eigenvalue weighted by molar-refractivity contribution is -0.127. The van der Waals surface area contributed by atoms with E-state index >= 15 is 0 Å². The number of nitrogens with one attached hydrogen (secondary N) is 2. The van der Waals surface area contributed by atoms with E-state index in [4.69, 9.17) is 4.74 Å². The highest BCUT2D eigenvalue weighted by Gasteiger charge is 2.18. The number of hydrogen-bond acceptors (Lipinski definition) is 4. The molecular formula is C15H29IN4O2S. The van der Waals surface area contributed by atoms with E-state index in [9.17, 15) is 4.79 Å². The van der Waals surface area contributed by atoms with E-state index in [1.165, 1.54) is 18.6 Å². The molecule has 6 nitrogen and oxygen atoms in total. The van der Waals surface area contributed by atoms with Crippen LogP contribution >= 0.6 is 35.7 Å². The predicted molar refractivity (Wildman–Crippen MR) is 107 cm³/mol. The first-order chi connectivity index (χ1) is 10.6. The van der Waals surface area contributed by atoms with Crippen molar-refractivity contribution >= 4 is 47.6 Å². The second-order valence-corrected chi connectivity index (χ2v) is 7.49. The van der Waals surface area contributed by atoms with E-state index in [0.717, 1.165) is 38.7 Å². The summed E-state index contributed by atoms with van der Waals surface area (Å²) in [5.74, 6) is 2.55. The molecule has 0 spiro atoms. The minimum atomic E-state index is 0. The quantitative estimate of drug-likeness (QED) is 0.357. The average Bonchev–Trinajstić information content (AvgIpc) is 3.19. The number of halogens is 1. The molecule has 2 saturated heterocycles. The van der Waals surface area contributed by atoms with Crippen LogP contribution in [0.4, 0.5) is 0 Å². The summed E-state index contributed by atoms with van der Waals surface area (Å²) in [5.41, 5.74) is 0. The molecule has 23 heavy (non-hydrogen) atoms. The molecule has 0 aromatic carbocycles. The van der Waals surface area contributed by atoms with Gasteiger partial charge in [-0.15, -0.1) is 24.0 Å². The number of likely N-dealkylation sites (N-methyl/N-ethyl adjacent to an activating group) is 1. The number of thioether (sulfide) groups is 1. The maximum absolute atomic E-state index is 11.7. The van der Waals surface area contributed by atoms with Crippen molar-refractivity contribution in [3.05, 3.63) is 0 Å². The molecule has 2 aliphatic heterocycles. The van der Waals surface area contributed by atoms with Crippen molar-refractivity contribution in [2.75, 3.05) is 52.7 Å². The van der Waals surface area contributed by atoms with Gasteiger partial charge in [0.2, 0.25) is 5.91 Å². The normalized spacial score (nSPS) is 24.2. The van der Waals surface area contributed by atoms with Crippen LogP contribution in [0.3, 0.4) is 0 Å². The Morgan fingerprint density at radius 1 is 1.30 bits per heavy atom. The second kappa shape index (κ2) is 11.4. The Labute approximate surface area is 160 Å². The maximum atomic E-state index is 11.7. The van der Waals surface area contributed by atoms with Gasteiger partial charge in [-0.2, -0.15) is 11.8 Å². The summed E-state index contributed by atoms with van der Waals surface area (Å²) in [6, 6.07) is 0. The molecule has 2 unspecified atom stereocenters. The van der Waals surface area contributed by atoms with E-state index in [1.54, 1.807) is 19.0 Å². The zero-order valence-corrected chi connectivity index (χ0v) is 17.2. The van der Waals surface area contributed by atoms with Gasteiger partial charge in [0.1, 0.15) is 6.54 Å². The van der Waals surface area contributed by atoms with Crippen LogP contribution in [0.1, 0.15) is 19.3 Å². The molecule has 8 heteroatoms. The largest absolute Gasteiger partial charge is 0.381 e. The van der Waals surface area contributed by atoms with Crippen molar-refractivity contribution in [2.45, 2.75) is 24.5 Å². The van der Waals surface area contributed by atoms with E-state index in [2.05, 4.69) is 15.6 Å². The lowest BCUT2D eigenvalue weighted by Crippen LogP contribution is -2.43. The van der Waals surface area contributed by atoms with Crippen LogP contribution in [0.2, 0.25) is 0 Å². The number of ether oxygens (including phenoxy) is 1. The Kier molecular flexibility index (Phi) is 10.3. The molecule has 0 aromatic rings. The fourth-order valence-corrected chi connectivity index (χ4v) is 3.66. The Morgan fingerprint density at radius 3 is 2.70 bits per heavy atom. The van der Waals surface area contributed by atoms with Gasteiger partial charge in [0, 0.05) is 45.0 Å². The lowest BCUT2D eigenvalue weighted by atomic mass is 10.1. The third-order valence-corrected chi connectivity index (χ3v) is 5.37. The molecule has 0 bridgehead atoms. The van der Waals surface area contributed by atoms with Gasteiger partial charge < -0.3 is 20.3 Å². The molecule has 2 aliphatic rings. The topological polar surface area (TPSA) is 66.0 Å². The number of nitrogens with zero attached hydrogens (tertiary/aromatic N) is 2. The summed E-state index contributed by atoms with van der Waals surface area (Å²) < 4.78 is 5.40. The average molecular weight is 456 g/mol. The highest BCUT2D eigenvalue weighted by atomic mass is 127. The first-order valence-corrected chi connectivity index (χ1v) is 9.11. The van der Waals surface area contributed by atoms with E-state index in [1.807, 2.05) is 11.8 Å². The molecule has 0 saturated carbocycles. The van der Waals surface area contributed by atoms with Gasteiger partial charge >= 0.3 is 0 Å². The van der Waals surface area contributed by atoms with Gasteiger partial charge in [-0.1, -0.05) is 0 Å². The number of amides is 1. The molecule has 0 aliphatic carbocycles. The van der Waals surface area contributed by atoms with Crippen LogP contribution in [-0.2, 0) is 9.53 Å². The van der Waals surface area contributed by atoms with Crippen LogP contribution in [0.25, 0.3) is 0 Å². The number of hydrogen-bond donors (Lipinski definition) is 2. The van der Waals surface area contributed by atoms with Crippen molar-refractivity contribution in [2.24, 2.45) is 10.9 Å². The molecule has 0 aromatic heterocycles. The number of carbonyl (C=O) groups excluding carboxylic acids is 1. The monoisotopic (exact) mass is 456 g/mol. The number of rotatable bonds is 6. The molecule has 2 atom stereocenters. The smallest absolute Gasteiger partial charge is 0.243 e. The fourth-order valence-electron chi connectivity index (χ4n) is 2.46. The van der Waals surface area contributed by atoms with E-state index in [0.29, 0.717) is 11.2 Å². The lowest BCUT2D eigenvalue weighted by Gasteiger charge is -2.17. The molecule has 1 amide bonds. The second-order valence-electron chi connectivity index (χ2n) is 6.08. The van der Waals surface area contributed by atoms with Crippen molar-refractivity contribution in [3.63, 3.8) is 0 Å². The van der Waals surface area contributed by atoms with Gasteiger partial charge in [-0.25, -0.2) is 4.99 Å². The molecule has 2 N–H and O–H groups in total. The van der Waals surface area contributed by atoms with E-state index < -0.39 is 0 Å². The third-order valence-electron chi connectivity index (χ3n) is 3.97. The van der Waals surface area contributed by atoms with Crippen molar-refractivity contribution < 1.29 is 9.53 Å². The summed E-state index contributed by atoms with van der Waals surface area (Å²) in [5, 5.41) is 7.40. The van der Waals surface area contributed by atoms with Crippen molar-refractivity contribution in [3.8, 4) is 0 Å². The van der Waals surface area contributed by atoms with Crippen molar-refractivity contribution in [1.29, 1.82) is 0 Å². The van der Waals surface area contributed by atoms with Gasteiger partial charge in [-0.3, -0.25) is 4.79 Å². The molecule has 134 valence electrons. The third kappa shape index (κ3) is 7.93. The maximum Gasteiger partial charge on any atom is 0.243 e. The standard InChI is InChI=1S/C15H28N4O2S.HI/c1-19(2)14(20)10-18-15(16-8-12-5-6-21-11-12)17-9-13-4-3-7-22-13;/h12-13H,3-11H2,1-2H3,(H2,16,17,18);1H. The van der Waals surface area contributed by atoms with Crippen LogP contribution in [0.5, 0.6) is 0 Å². The van der Waals surface area contributed by atoms with Crippen LogP contribution in [0.15, 0.2) is 4.99 Å². The Morgan fingerprint density at radius 2 is 2.09 bits per heavy atom. The van der Waals surface area contributed by atoms with Crippen LogP contribution in [-0.4, -0.2) is 74.7 Å². The Balaban J connectivity index is 0.00000264. The van der Waals surface area contributed by atoms with Crippen LogP contribution in [0, 0.1) is 5.92 Å². The summed E-state index contributed by atoms with van der Waals surface area (Å²) in [6.45, 7) is 3.61. The SMILES string of the molecule is CN(C)C(=O)CN=C(NCC1CCOC1)NCC1CCCS1.I. The first kappa shape index (κ1) is 20.8. The van der Waals surface area contributed by atoms with E-state index in [-0.39, 0.29) is 36.4 Å². The summed E-state index contributed by atoms with van der Waals surface area (Å²) >= 11 is 2.02. The minimum absolute atomic E-state index is 0. The summed E-state index contributed by atoms with van der Waals surface area (Å²) in [4.78, 5) is 17.7. The Bertz CT molecular complexity index is 362. The summed E-state index contributed by atoms with van der Waals surface area (Å²) in [7, 11) is 3.51. The fraction of sp³-hybridized carbons (Fsp3) is 0.867. The molecular weight excluding hydrogens is 427 g/mol.